The van der Waals surface area contributed by atoms with E-state index in [1.807, 2.05) is 0 Å². The summed E-state index contributed by atoms with van der Waals surface area (Å²) < 4.78 is 11.9. The maximum atomic E-state index is 12.3. The van der Waals surface area contributed by atoms with E-state index in [1.54, 1.807) is 13.8 Å². The van der Waals surface area contributed by atoms with Crippen LogP contribution in [0.25, 0.3) is 0 Å². The summed E-state index contributed by atoms with van der Waals surface area (Å²) >= 11 is 0. The van der Waals surface area contributed by atoms with Gasteiger partial charge >= 0.3 is 11.9 Å². The maximum absolute atomic E-state index is 12.3. The van der Waals surface area contributed by atoms with Crippen molar-refractivity contribution in [2.24, 2.45) is 5.41 Å². The van der Waals surface area contributed by atoms with Crippen LogP contribution in [0.1, 0.15) is 98.3 Å². The molecule has 0 rings (SSSR count). The molecule has 0 saturated heterocycles. The number of rotatable bonds is 19. The molecule has 2 atom stereocenters. The van der Waals surface area contributed by atoms with Gasteiger partial charge in [-0.2, -0.15) is 0 Å². The zero-order chi connectivity index (χ0) is 21.4. The summed E-state index contributed by atoms with van der Waals surface area (Å²) in [5.74, 6) is -1.89. The Morgan fingerprint density at radius 2 is 1.25 bits per heavy atom. The molecule has 0 spiro atoms. The molecule has 0 aliphatic heterocycles. The van der Waals surface area contributed by atoms with E-state index in [9.17, 15) is 14.7 Å². The Morgan fingerprint density at radius 1 is 0.786 bits per heavy atom. The fourth-order valence-electron chi connectivity index (χ4n) is 3.60. The summed E-state index contributed by atoms with van der Waals surface area (Å²) in [7, 11) is 0. The number of aliphatic carboxylic acids is 2. The second kappa shape index (κ2) is 15.7. The fraction of sp³-hybridized carbons (Fsp3) is 0.909. The van der Waals surface area contributed by atoms with E-state index in [0.29, 0.717) is 13.2 Å². The van der Waals surface area contributed by atoms with Crippen molar-refractivity contribution in [1.82, 2.24) is 0 Å². The third kappa shape index (κ3) is 9.87. The molecule has 0 aliphatic rings. The number of hydrogen-bond donors (Lipinski definition) is 2. The molecule has 2 N–H and O–H groups in total. The van der Waals surface area contributed by atoms with Gasteiger partial charge in [-0.1, -0.05) is 52.4 Å². The van der Waals surface area contributed by atoms with Gasteiger partial charge in [0.2, 0.25) is 0 Å². The standard InChI is InChI=1S/C22H42O6/c1-5-7-9-11-16-27-18(3)22(21(25)26,15-13-14-20(23)24)19(4)28-17-12-10-8-6-2/h18-19H,5-17H2,1-4H3,(H,23,24)(H,25,26). The smallest absolute Gasteiger partial charge is 0.314 e. The quantitative estimate of drug-likeness (QED) is 0.285. The predicted octanol–water partition coefficient (Wildman–Crippen LogP) is 5.28. The van der Waals surface area contributed by atoms with Crippen molar-refractivity contribution < 1.29 is 29.3 Å². The van der Waals surface area contributed by atoms with Gasteiger partial charge in [-0.15, -0.1) is 0 Å². The topological polar surface area (TPSA) is 93.1 Å². The first kappa shape index (κ1) is 26.9. The van der Waals surface area contributed by atoms with Crippen molar-refractivity contribution in [2.75, 3.05) is 13.2 Å². The average Bonchev–Trinajstić information content (AvgIpc) is 2.64. The lowest BCUT2D eigenvalue weighted by Gasteiger charge is -2.39. The van der Waals surface area contributed by atoms with Crippen molar-refractivity contribution >= 4 is 11.9 Å². The van der Waals surface area contributed by atoms with Crippen molar-refractivity contribution in [3.05, 3.63) is 0 Å². The fourth-order valence-corrected chi connectivity index (χ4v) is 3.60. The summed E-state index contributed by atoms with van der Waals surface area (Å²) in [6, 6.07) is 0. The number of carbonyl (C=O) groups is 2. The number of carboxylic acid groups (broad SMARTS) is 2. The summed E-state index contributed by atoms with van der Waals surface area (Å²) in [6.07, 6.45) is 7.81. The number of unbranched alkanes of at least 4 members (excludes halogenated alkanes) is 6. The monoisotopic (exact) mass is 402 g/mol. The van der Waals surface area contributed by atoms with Crippen LogP contribution in [-0.2, 0) is 19.1 Å². The van der Waals surface area contributed by atoms with Crippen molar-refractivity contribution in [1.29, 1.82) is 0 Å². The third-order valence-corrected chi connectivity index (χ3v) is 5.56. The first-order valence-electron chi connectivity index (χ1n) is 11.0. The molecule has 0 aromatic rings. The summed E-state index contributed by atoms with van der Waals surface area (Å²) in [4.78, 5) is 23.3. The second-order valence-electron chi connectivity index (χ2n) is 7.74. The summed E-state index contributed by atoms with van der Waals surface area (Å²) in [6.45, 7) is 8.87. The minimum atomic E-state index is -1.25. The normalized spacial score (nSPS) is 15.7. The Morgan fingerprint density at radius 3 is 1.61 bits per heavy atom. The van der Waals surface area contributed by atoms with Crippen LogP contribution < -0.4 is 0 Å². The van der Waals surface area contributed by atoms with Gasteiger partial charge < -0.3 is 19.7 Å². The van der Waals surface area contributed by atoms with E-state index >= 15 is 0 Å². The number of ether oxygens (including phenoxy) is 2. The van der Waals surface area contributed by atoms with E-state index in [0.717, 1.165) is 51.4 Å². The van der Waals surface area contributed by atoms with Crippen LogP contribution in [0.2, 0.25) is 0 Å². The van der Waals surface area contributed by atoms with Gasteiger partial charge in [0, 0.05) is 19.6 Å². The van der Waals surface area contributed by atoms with Crippen molar-refractivity contribution in [3.8, 4) is 0 Å². The first-order valence-corrected chi connectivity index (χ1v) is 11.0. The average molecular weight is 403 g/mol. The molecule has 0 radical (unpaired) electrons. The zero-order valence-electron chi connectivity index (χ0n) is 18.4. The highest BCUT2D eigenvalue weighted by Crippen LogP contribution is 2.37. The van der Waals surface area contributed by atoms with Crippen LogP contribution in [0.5, 0.6) is 0 Å². The molecule has 166 valence electrons. The van der Waals surface area contributed by atoms with E-state index in [4.69, 9.17) is 14.6 Å². The number of carboxylic acids is 2. The molecular formula is C22H42O6. The van der Waals surface area contributed by atoms with E-state index in [2.05, 4.69) is 13.8 Å². The molecule has 0 fully saturated rings. The molecule has 0 saturated carbocycles. The minimum absolute atomic E-state index is 0.0541. The molecule has 0 aliphatic carbocycles. The molecule has 6 nitrogen and oxygen atoms in total. The molecule has 2 unspecified atom stereocenters. The van der Waals surface area contributed by atoms with E-state index < -0.39 is 29.6 Å². The van der Waals surface area contributed by atoms with Crippen LogP contribution in [-0.4, -0.2) is 47.6 Å². The van der Waals surface area contributed by atoms with E-state index in [1.165, 1.54) is 0 Å². The SMILES string of the molecule is CCCCCCOC(C)C(CCCC(=O)O)(C(=O)O)C(C)OCCCCCC. The highest BCUT2D eigenvalue weighted by atomic mass is 16.5. The molecule has 0 bridgehead atoms. The minimum Gasteiger partial charge on any atom is -0.481 e. The van der Waals surface area contributed by atoms with Crippen LogP contribution in [0.3, 0.4) is 0 Å². The van der Waals surface area contributed by atoms with Gasteiger partial charge in [0.15, 0.2) is 0 Å². The zero-order valence-corrected chi connectivity index (χ0v) is 18.4. The maximum Gasteiger partial charge on any atom is 0.314 e. The third-order valence-electron chi connectivity index (χ3n) is 5.56. The van der Waals surface area contributed by atoms with Crippen LogP contribution >= 0.6 is 0 Å². The van der Waals surface area contributed by atoms with Gasteiger partial charge in [0.05, 0.1) is 12.2 Å². The highest BCUT2D eigenvalue weighted by molar-refractivity contribution is 5.76. The van der Waals surface area contributed by atoms with Gasteiger partial charge in [-0.3, -0.25) is 9.59 Å². The Hall–Kier alpha value is -1.14. The van der Waals surface area contributed by atoms with E-state index in [-0.39, 0.29) is 19.3 Å². The molecule has 0 heterocycles. The Balaban J connectivity index is 5.05. The van der Waals surface area contributed by atoms with Gasteiger partial charge in [0.1, 0.15) is 5.41 Å². The highest BCUT2D eigenvalue weighted by Gasteiger charge is 2.49. The molecule has 6 heteroatoms. The second-order valence-corrected chi connectivity index (χ2v) is 7.74. The predicted molar refractivity (Wildman–Crippen MR) is 111 cm³/mol. The van der Waals surface area contributed by atoms with Gasteiger partial charge in [-0.05, 0) is 39.5 Å². The lowest BCUT2D eigenvalue weighted by atomic mass is 9.73. The Kier molecular flexibility index (Phi) is 15.1. The lowest BCUT2D eigenvalue weighted by molar-refractivity contribution is -0.179. The van der Waals surface area contributed by atoms with Crippen LogP contribution in [0, 0.1) is 5.41 Å². The summed E-state index contributed by atoms with van der Waals surface area (Å²) in [5.41, 5.74) is -1.25. The summed E-state index contributed by atoms with van der Waals surface area (Å²) in [5, 5.41) is 19.1. The van der Waals surface area contributed by atoms with Crippen LogP contribution in [0.15, 0.2) is 0 Å². The van der Waals surface area contributed by atoms with Crippen LogP contribution in [0.4, 0.5) is 0 Å². The molecule has 0 aromatic carbocycles. The van der Waals surface area contributed by atoms with Crippen molar-refractivity contribution in [2.45, 2.75) is 111 Å². The lowest BCUT2D eigenvalue weighted by Crippen LogP contribution is -2.51. The van der Waals surface area contributed by atoms with Gasteiger partial charge in [0.25, 0.3) is 0 Å². The number of hydrogen-bond acceptors (Lipinski definition) is 4. The van der Waals surface area contributed by atoms with Crippen molar-refractivity contribution in [3.63, 3.8) is 0 Å². The Labute approximate surface area is 171 Å². The molecular weight excluding hydrogens is 360 g/mol. The molecule has 0 amide bonds. The largest absolute Gasteiger partial charge is 0.481 e. The molecule has 0 aromatic heterocycles. The first-order chi connectivity index (χ1) is 13.3. The molecule has 28 heavy (non-hydrogen) atoms. The van der Waals surface area contributed by atoms with Gasteiger partial charge in [-0.25, -0.2) is 0 Å². The Bertz CT molecular complexity index is 403.